The van der Waals surface area contributed by atoms with Gasteiger partial charge in [-0.15, -0.1) is 0 Å². The number of methoxy groups -OCH3 is 2. The Morgan fingerprint density at radius 1 is 0.903 bits per heavy atom. The summed E-state index contributed by atoms with van der Waals surface area (Å²) >= 11 is 0. The molecule has 0 radical (unpaired) electrons. The molecule has 1 heterocycles. The second-order valence-corrected chi connectivity index (χ2v) is 6.79. The fraction of sp³-hybridized carbons (Fsp3) is 0.160. The summed E-state index contributed by atoms with van der Waals surface area (Å²) < 4.78 is 27.4. The zero-order chi connectivity index (χ0) is 21.6. The average molecular weight is 418 g/mol. The zero-order valence-electron chi connectivity index (χ0n) is 17.3. The van der Waals surface area contributed by atoms with Crippen molar-refractivity contribution in [1.29, 1.82) is 0 Å². The highest BCUT2D eigenvalue weighted by Gasteiger charge is 2.17. The highest BCUT2D eigenvalue weighted by Crippen LogP contribution is 2.36. The molecule has 0 aliphatic carbocycles. The average Bonchev–Trinajstić information content (AvgIpc) is 3.29. The molecule has 0 unspecified atom stereocenters. The summed E-state index contributed by atoms with van der Waals surface area (Å²) in [5, 5.41) is 0. The van der Waals surface area contributed by atoms with Gasteiger partial charge in [-0.2, -0.15) is 0 Å². The molecular weight excluding hydrogens is 396 g/mol. The molecule has 0 saturated heterocycles. The van der Waals surface area contributed by atoms with E-state index in [0.29, 0.717) is 40.9 Å². The largest absolute Gasteiger partial charge is 0.493 e. The number of benzene rings is 3. The first-order chi connectivity index (χ1) is 15.2. The van der Waals surface area contributed by atoms with E-state index in [0.717, 1.165) is 11.1 Å². The van der Waals surface area contributed by atoms with Crippen molar-refractivity contribution in [2.75, 3.05) is 21.0 Å². The molecule has 1 aliphatic rings. The number of hydrogen-bond donors (Lipinski definition) is 0. The maximum Gasteiger partial charge on any atom is 0.231 e. The van der Waals surface area contributed by atoms with Gasteiger partial charge in [-0.25, -0.2) is 0 Å². The lowest BCUT2D eigenvalue weighted by atomic mass is 10.1. The maximum atomic E-state index is 13.0. The molecule has 6 heteroatoms. The first-order valence-corrected chi connectivity index (χ1v) is 9.72. The van der Waals surface area contributed by atoms with Gasteiger partial charge >= 0.3 is 0 Å². The van der Waals surface area contributed by atoms with Crippen molar-refractivity contribution in [1.82, 2.24) is 0 Å². The Balaban J connectivity index is 1.60. The third-order valence-electron chi connectivity index (χ3n) is 4.81. The summed E-state index contributed by atoms with van der Waals surface area (Å²) in [6, 6.07) is 18.5. The van der Waals surface area contributed by atoms with E-state index in [1.54, 1.807) is 25.3 Å². The van der Waals surface area contributed by atoms with Gasteiger partial charge in [0.2, 0.25) is 6.79 Å². The predicted molar refractivity (Wildman–Crippen MR) is 116 cm³/mol. The van der Waals surface area contributed by atoms with Crippen LogP contribution < -0.4 is 23.7 Å². The minimum Gasteiger partial charge on any atom is -0.493 e. The molecule has 0 saturated carbocycles. The van der Waals surface area contributed by atoms with Crippen LogP contribution in [0.5, 0.6) is 28.7 Å². The number of carbonyl (C=O) groups is 1. The van der Waals surface area contributed by atoms with E-state index in [9.17, 15) is 4.79 Å². The molecule has 3 aromatic rings. The molecule has 6 nitrogen and oxygen atoms in total. The lowest BCUT2D eigenvalue weighted by Crippen LogP contribution is -2.04. The molecule has 0 spiro atoms. The van der Waals surface area contributed by atoms with Gasteiger partial charge in [-0.3, -0.25) is 4.79 Å². The van der Waals surface area contributed by atoms with Crippen molar-refractivity contribution in [3.05, 3.63) is 83.4 Å². The van der Waals surface area contributed by atoms with Crippen molar-refractivity contribution in [3.8, 4) is 28.7 Å². The van der Waals surface area contributed by atoms with Crippen molar-refractivity contribution in [2.24, 2.45) is 0 Å². The molecule has 0 atom stereocenters. The van der Waals surface area contributed by atoms with Gasteiger partial charge in [0.1, 0.15) is 12.4 Å². The van der Waals surface area contributed by atoms with Gasteiger partial charge in [-0.1, -0.05) is 42.5 Å². The second-order valence-electron chi connectivity index (χ2n) is 6.79. The van der Waals surface area contributed by atoms with Crippen molar-refractivity contribution in [3.63, 3.8) is 0 Å². The zero-order valence-corrected chi connectivity index (χ0v) is 17.3. The van der Waals surface area contributed by atoms with Gasteiger partial charge in [0.25, 0.3) is 0 Å². The molecule has 31 heavy (non-hydrogen) atoms. The lowest BCUT2D eigenvalue weighted by molar-refractivity contribution is 0.104. The Morgan fingerprint density at radius 3 is 2.42 bits per heavy atom. The molecule has 158 valence electrons. The Labute approximate surface area is 180 Å². The quantitative estimate of drug-likeness (QED) is 0.383. The van der Waals surface area contributed by atoms with Crippen molar-refractivity contribution in [2.45, 2.75) is 6.61 Å². The van der Waals surface area contributed by atoms with Gasteiger partial charge in [0, 0.05) is 6.07 Å². The number of hydrogen-bond acceptors (Lipinski definition) is 6. The molecule has 0 bridgehead atoms. The summed E-state index contributed by atoms with van der Waals surface area (Å²) in [4.78, 5) is 13.0. The highest BCUT2D eigenvalue weighted by molar-refractivity contribution is 6.09. The number of fused-ring (bicyclic) bond motifs is 1. The highest BCUT2D eigenvalue weighted by atomic mass is 16.7. The molecule has 3 aromatic carbocycles. The fourth-order valence-electron chi connectivity index (χ4n) is 3.19. The van der Waals surface area contributed by atoms with Crippen LogP contribution in [0.3, 0.4) is 0 Å². The topological polar surface area (TPSA) is 63.2 Å². The van der Waals surface area contributed by atoms with Crippen LogP contribution in [-0.4, -0.2) is 26.8 Å². The standard InChI is InChI=1S/C25H22O6/c1-27-23-13-19(20(26)10-8-17-9-11-21-25(12-17)31-16-30-21)22(14-24(23)28-2)29-15-18-6-4-3-5-7-18/h3-14H,15-16H2,1-2H3/b10-8+. The first kappa shape index (κ1) is 20.3. The van der Waals surface area contributed by atoms with Crippen LogP contribution in [0.4, 0.5) is 0 Å². The van der Waals surface area contributed by atoms with E-state index in [1.807, 2.05) is 48.5 Å². The van der Waals surface area contributed by atoms with Gasteiger partial charge in [0.15, 0.2) is 28.8 Å². The van der Waals surface area contributed by atoms with Crippen LogP contribution in [0.1, 0.15) is 21.5 Å². The molecular formula is C25H22O6. The van der Waals surface area contributed by atoms with Crippen molar-refractivity contribution < 1.29 is 28.5 Å². The normalized spacial score (nSPS) is 12.1. The SMILES string of the molecule is COc1cc(OCc2ccccc2)c(C(=O)/C=C/c2ccc3c(c2)OCO3)cc1OC. The lowest BCUT2D eigenvalue weighted by Gasteiger charge is -2.14. The molecule has 0 aromatic heterocycles. The van der Waals surface area contributed by atoms with E-state index >= 15 is 0 Å². The first-order valence-electron chi connectivity index (χ1n) is 9.72. The van der Waals surface area contributed by atoms with Crippen LogP contribution >= 0.6 is 0 Å². The van der Waals surface area contributed by atoms with Crippen LogP contribution in [0.25, 0.3) is 6.08 Å². The van der Waals surface area contributed by atoms with Gasteiger partial charge in [0.05, 0.1) is 19.8 Å². The molecule has 4 rings (SSSR count). The van der Waals surface area contributed by atoms with E-state index < -0.39 is 0 Å². The summed E-state index contributed by atoms with van der Waals surface area (Å²) in [5.41, 5.74) is 2.20. The number of rotatable bonds is 8. The Hall–Kier alpha value is -3.93. The third kappa shape index (κ3) is 4.64. The smallest absolute Gasteiger partial charge is 0.231 e. The monoisotopic (exact) mass is 418 g/mol. The van der Waals surface area contributed by atoms with Crippen LogP contribution in [0.2, 0.25) is 0 Å². The van der Waals surface area contributed by atoms with E-state index in [2.05, 4.69) is 0 Å². The minimum absolute atomic E-state index is 0.204. The number of carbonyl (C=O) groups excluding carboxylic acids is 1. The molecule has 0 fully saturated rings. The summed E-state index contributed by atoms with van der Waals surface area (Å²) in [7, 11) is 3.07. The fourth-order valence-corrected chi connectivity index (χ4v) is 3.19. The maximum absolute atomic E-state index is 13.0. The van der Waals surface area contributed by atoms with E-state index in [1.165, 1.54) is 13.2 Å². The van der Waals surface area contributed by atoms with Crippen LogP contribution in [0, 0.1) is 0 Å². The Bertz CT molecular complexity index is 1100. The van der Waals surface area contributed by atoms with Crippen molar-refractivity contribution >= 4 is 11.9 Å². The van der Waals surface area contributed by atoms with E-state index in [-0.39, 0.29) is 12.6 Å². The van der Waals surface area contributed by atoms with Crippen LogP contribution in [0.15, 0.2) is 66.7 Å². The van der Waals surface area contributed by atoms with Gasteiger partial charge < -0.3 is 23.7 Å². The van der Waals surface area contributed by atoms with Gasteiger partial charge in [-0.05, 0) is 35.4 Å². The summed E-state index contributed by atoms with van der Waals surface area (Å²) in [6.07, 6.45) is 3.22. The van der Waals surface area contributed by atoms with Crippen LogP contribution in [-0.2, 0) is 6.61 Å². The Morgan fingerprint density at radius 2 is 1.65 bits per heavy atom. The second kappa shape index (κ2) is 9.26. The molecule has 1 aliphatic heterocycles. The Kier molecular flexibility index (Phi) is 6.08. The number of allylic oxidation sites excluding steroid dienone is 1. The number of ketones is 1. The summed E-state index contributed by atoms with van der Waals surface area (Å²) in [5.74, 6) is 2.49. The third-order valence-corrected chi connectivity index (χ3v) is 4.81. The van der Waals surface area contributed by atoms with E-state index in [4.69, 9.17) is 23.7 Å². The number of ether oxygens (including phenoxy) is 5. The minimum atomic E-state index is -0.221. The predicted octanol–water partition coefficient (Wildman–Crippen LogP) is 4.91. The summed E-state index contributed by atoms with van der Waals surface area (Å²) in [6.45, 7) is 0.525. The molecule has 0 amide bonds. The molecule has 0 N–H and O–H groups in total.